The number of carbonyl (C=O) groups excluding carboxylic acids is 6. The van der Waals surface area contributed by atoms with Crippen molar-refractivity contribution in [3.05, 3.63) is 34.9 Å². The van der Waals surface area contributed by atoms with E-state index in [9.17, 15) is 28.8 Å². The minimum atomic E-state index is -0.998. The van der Waals surface area contributed by atoms with Crippen LogP contribution in [0.4, 0.5) is 0 Å². The average molecular weight is 731 g/mol. The molecule has 2 fully saturated rings. The minimum absolute atomic E-state index is 0.0633. The summed E-state index contributed by atoms with van der Waals surface area (Å²) in [7, 11) is 0. The molecule has 2 aliphatic rings. The molecule has 0 bridgehead atoms. The van der Waals surface area contributed by atoms with Gasteiger partial charge in [0.25, 0.3) is 35.4 Å². The lowest BCUT2D eigenvalue weighted by Gasteiger charge is -2.23. The predicted octanol–water partition coefficient (Wildman–Crippen LogP) is 3.15. The van der Waals surface area contributed by atoms with Crippen LogP contribution in [-0.2, 0) is 28.9 Å². The second-order valence-corrected chi connectivity index (χ2v) is 15.6. The average Bonchev–Trinajstić information content (AvgIpc) is 3.49. The van der Waals surface area contributed by atoms with Crippen molar-refractivity contribution in [1.82, 2.24) is 31.6 Å². The smallest absolute Gasteiger partial charge is 0.274 e. The number of rotatable bonds is 18. The van der Waals surface area contributed by atoms with Crippen molar-refractivity contribution in [3.63, 3.8) is 0 Å². The molecule has 2 unspecified atom stereocenters. The van der Waals surface area contributed by atoms with Crippen LogP contribution < -0.4 is 21.8 Å². The number of hydrogen-bond acceptors (Lipinski definition) is 9. The summed E-state index contributed by atoms with van der Waals surface area (Å²) < 4.78 is 0. The Kier molecular flexibility index (Phi) is 15.6. The summed E-state index contributed by atoms with van der Waals surface area (Å²) in [6.07, 6.45) is -1.76. The van der Waals surface area contributed by atoms with Gasteiger partial charge in [0.2, 0.25) is 0 Å². The van der Waals surface area contributed by atoms with Gasteiger partial charge in [-0.1, -0.05) is 55.4 Å². The van der Waals surface area contributed by atoms with Gasteiger partial charge in [0.1, 0.15) is 0 Å². The van der Waals surface area contributed by atoms with Crippen LogP contribution in [0.2, 0.25) is 0 Å². The third kappa shape index (κ3) is 12.0. The number of nitrogens with zero attached hydrogens (tertiary/aromatic N) is 2. The summed E-state index contributed by atoms with van der Waals surface area (Å²) in [5.41, 5.74) is 6.47. The number of nitrogens with one attached hydrogen (secondary N) is 4. The number of hydrogen-bond donors (Lipinski definition) is 4. The van der Waals surface area contributed by atoms with Gasteiger partial charge in [-0.3, -0.25) is 43.3 Å². The molecule has 0 aromatic heterocycles. The number of hydroxylamine groups is 3. The summed E-state index contributed by atoms with van der Waals surface area (Å²) in [5.74, 6) is -2.60. The molecule has 15 heteroatoms. The molecule has 2 aliphatic heterocycles. The molecule has 52 heavy (non-hydrogen) atoms. The Hall–Kier alpha value is -4.08. The van der Waals surface area contributed by atoms with Gasteiger partial charge in [-0.2, -0.15) is 0 Å². The van der Waals surface area contributed by atoms with Crippen LogP contribution in [0.15, 0.2) is 18.2 Å². The molecule has 15 nitrogen and oxygen atoms in total. The molecule has 0 radical (unpaired) electrons. The van der Waals surface area contributed by atoms with Gasteiger partial charge >= 0.3 is 0 Å². The van der Waals surface area contributed by atoms with Gasteiger partial charge in [0, 0.05) is 61.2 Å². The third-order valence-corrected chi connectivity index (χ3v) is 8.68. The van der Waals surface area contributed by atoms with Crippen LogP contribution in [0.5, 0.6) is 0 Å². The maximum atomic E-state index is 13.4. The second-order valence-electron chi connectivity index (χ2n) is 15.6. The largest absolute Gasteiger partial charge is 0.354 e. The highest BCUT2D eigenvalue weighted by Crippen LogP contribution is 2.24. The van der Waals surface area contributed by atoms with E-state index in [2.05, 4.69) is 21.8 Å². The zero-order chi connectivity index (χ0) is 38.9. The highest BCUT2D eigenvalue weighted by atomic mass is 16.7. The lowest BCUT2D eigenvalue weighted by atomic mass is 10.0. The lowest BCUT2D eigenvalue weighted by Crippen LogP contribution is -2.43. The first-order valence-electron chi connectivity index (χ1n) is 18.3. The first-order chi connectivity index (χ1) is 24.4. The summed E-state index contributed by atoms with van der Waals surface area (Å²) in [6.45, 7) is 21.1. The standard InChI is InChI=1S/C37H58N6O9/c1-20(2)11-29(35(47)38-17-21(3)4)50-39-32(44)26-14-27(33(45)40-51-30-12-24(9)42(36(30)48)18-22(5)6)16-28(15-26)34(46)41-52-31-13-25(10)43(37(31)49)19-23(7)8/h14-16,20-25,29-31H,11-13,17-19H2,1-10H3,(H,38,47)(H,39,44)(H,40,45)(H,41,46)/t24?,25?,29-,30-,31-/m1/s1. The van der Waals surface area contributed by atoms with E-state index in [0.29, 0.717) is 38.9 Å². The maximum Gasteiger partial charge on any atom is 0.274 e. The van der Waals surface area contributed by atoms with Crippen molar-refractivity contribution >= 4 is 35.4 Å². The Labute approximate surface area is 307 Å². The molecule has 2 saturated heterocycles. The van der Waals surface area contributed by atoms with Crippen molar-refractivity contribution in [2.45, 2.75) is 119 Å². The molecule has 5 atom stereocenters. The maximum absolute atomic E-state index is 13.4. The monoisotopic (exact) mass is 730 g/mol. The van der Waals surface area contributed by atoms with E-state index in [1.165, 1.54) is 18.2 Å². The zero-order valence-corrected chi connectivity index (χ0v) is 32.2. The lowest BCUT2D eigenvalue weighted by molar-refractivity contribution is -0.141. The van der Waals surface area contributed by atoms with Gasteiger partial charge < -0.3 is 15.1 Å². The molecule has 0 spiro atoms. The first-order valence-corrected chi connectivity index (χ1v) is 18.3. The summed E-state index contributed by atoms with van der Waals surface area (Å²) in [6, 6.07) is 3.50. The van der Waals surface area contributed by atoms with Crippen molar-refractivity contribution in [2.24, 2.45) is 23.7 Å². The summed E-state index contributed by atoms with van der Waals surface area (Å²) in [4.78, 5) is 99.0. The van der Waals surface area contributed by atoms with Crippen molar-refractivity contribution in [3.8, 4) is 0 Å². The van der Waals surface area contributed by atoms with Crippen molar-refractivity contribution in [1.29, 1.82) is 0 Å². The van der Waals surface area contributed by atoms with E-state index in [-0.39, 0.29) is 64.3 Å². The molecule has 4 N–H and O–H groups in total. The van der Waals surface area contributed by atoms with E-state index in [4.69, 9.17) is 14.5 Å². The second kappa shape index (κ2) is 19.1. The van der Waals surface area contributed by atoms with Crippen LogP contribution >= 0.6 is 0 Å². The fourth-order valence-corrected chi connectivity index (χ4v) is 6.03. The number of likely N-dealkylation sites (tertiary alicyclic amines) is 2. The van der Waals surface area contributed by atoms with Crippen LogP contribution in [0.1, 0.15) is 120 Å². The molecule has 2 heterocycles. The van der Waals surface area contributed by atoms with Crippen molar-refractivity contribution < 1.29 is 43.3 Å². The van der Waals surface area contributed by atoms with Crippen LogP contribution in [0, 0.1) is 23.7 Å². The Balaban J connectivity index is 1.81. The molecular formula is C37H58N6O9. The predicted molar refractivity (Wildman–Crippen MR) is 192 cm³/mol. The fraction of sp³-hybridized carbons (Fsp3) is 0.676. The minimum Gasteiger partial charge on any atom is -0.354 e. The summed E-state index contributed by atoms with van der Waals surface area (Å²) in [5, 5.41) is 2.81. The highest BCUT2D eigenvalue weighted by molar-refractivity contribution is 6.04. The number of amides is 6. The van der Waals surface area contributed by atoms with E-state index in [0.717, 1.165) is 0 Å². The van der Waals surface area contributed by atoms with Crippen LogP contribution in [0.3, 0.4) is 0 Å². The normalized spacial score (nSPS) is 21.0. The Morgan fingerprint density at radius 1 is 0.654 bits per heavy atom. The van der Waals surface area contributed by atoms with E-state index < -0.39 is 41.9 Å². The molecule has 0 saturated carbocycles. The molecule has 290 valence electrons. The first kappa shape index (κ1) is 42.3. The van der Waals surface area contributed by atoms with Crippen LogP contribution in [0.25, 0.3) is 0 Å². The Bertz CT molecular complexity index is 1370. The molecule has 6 amide bonds. The van der Waals surface area contributed by atoms with E-state index >= 15 is 0 Å². The van der Waals surface area contributed by atoms with Gasteiger partial charge in [-0.15, -0.1) is 0 Å². The Morgan fingerprint density at radius 3 is 1.42 bits per heavy atom. The molecule has 0 aliphatic carbocycles. The van der Waals surface area contributed by atoms with Crippen molar-refractivity contribution in [2.75, 3.05) is 19.6 Å². The molecule has 3 rings (SSSR count). The fourth-order valence-electron chi connectivity index (χ4n) is 6.03. The zero-order valence-electron chi connectivity index (χ0n) is 32.2. The molecular weight excluding hydrogens is 672 g/mol. The SMILES string of the molecule is CC(C)CNC(=O)[C@@H](CC(C)C)ONC(=O)c1cc(C(=O)NO[C@@H]2CC(C)N(CC(C)C)C2=O)cc(C(=O)NO[C@@H]2CC(C)N(CC(C)C)C2=O)c1. The quantitative estimate of drug-likeness (QED) is 0.165. The van der Waals surface area contributed by atoms with Gasteiger partial charge in [0.05, 0.1) is 0 Å². The van der Waals surface area contributed by atoms with Crippen LogP contribution in [-0.4, -0.2) is 95.3 Å². The highest BCUT2D eigenvalue weighted by Gasteiger charge is 2.40. The number of carbonyl (C=O) groups is 6. The number of benzene rings is 1. The van der Waals surface area contributed by atoms with Gasteiger partial charge in [-0.05, 0) is 62.1 Å². The van der Waals surface area contributed by atoms with E-state index in [1.807, 2.05) is 69.2 Å². The topological polar surface area (TPSA) is 185 Å². The third-order valence-electron chi connectivity index (χ3n) is 8.68. The van der Waals surface area contributed by atoms with E-state index in [1.54, 1.807) is 9.80 Å². The Morgan fingerprint density at radius 2 is 1.06 bits per heavy atom. The summed E-state index contributed by atoms with van der Waals surface area (Å²) >= 11 is 0. The molecule has 1 aromatic rings. The van der Waals surface area contributed by atoms with Gasteiger partial charge in [-0.25, -0.2) is 16.4 Å². The molecule has 1 aromatic carbocycles. The van der Waals surface area contributed by atoms with Gasteiger partial charge in [0.15, 0.2) is 18.3 Å².